The summed E-state index contributed by atoms with van der Waals surface area (Å²) in [7, 11) is 0. The number of carbonyl (C=O) groups is 1. The molecule has 2 aromatic heterocycles. The van der Waals surface area contributed by atoms with Gasteiger partial charge in [-0.3, -0.25) is 19.7 Å². The molecule has 220 valence electrons. The fourth-order valence-corrected chi connectivity index (χ4v) is 6.43. The van der Waals surface area contributed by atoms with E-state index >= 15 is 0 Å². The van der Waals surface area contributed by atoms with Crippen LogP contribution < -0.4 is 5.32 Å². The maximum atomic E-state index is 12.8. The summed E-state index contributed by atoms with van der Waals surface area (Å²) in [5.74, 6) is 0.262. The van der Waals surface area contributed by atoms with Crippen LogP contribution in [0.25, 0.3) is 0 Å². The Morgan fingerprint density at radius 3 is 2.69 bits per heavy atom. The SMILES string of the molecule is C/C(CN(Cc1ncc(C)cc1C)[C@H]1CCCc2cccnc21)=C(\C=C(/C)CNCC(=O)C1Cc2ccccc21)CO. The largest absolute Gasteiger partial charge is 0.392 e. The third kappa shape index (κ3) is 6.95. The lowest BCUT2D eigenvalue weighted by molar-refractivity contribution is -0.120. The van der Waals surface area contributed by atoms with Crippen molar-refractivity contribution in [2.45, 2.75) is 71.9 Å². The summed E-state index contributed by atoms with van der Waals surface area (Å²) in [5, 5.41) is 13.7. The van der Waals surface area contributed by atoms with Crippen LogP contribution in [0.3, 0.4) is 0 Å². The minimum Gasteiger partial charge on any atom is -0.392 e. The second kappa shape index (κ2) is 13.7. The number of hydrogen-bond acceptors (Lipinski definition) is 6. The lowest BCUT2D eigenvalue weighted by atomic mass is 9.75. The van der Waals surface area contributed by atoms with E-state index in [1.54, 1.807) is 0 Å². The predicted molar refractivity (Wildman–Crippen MR) is 168 cm³/mol. The number of nitrogens with one attached hydrogen (secondary N) is 1. The van der Waals surface area contributed by atoms with Crippen molar-refractivity contribution in [3.63, 3.8) is 0 Å². The standard InChI is InChI=1S/C36H44N4O2/c1-24-15-26(3)33(39-19-24)22-40(34-13-7-10-28-11-8-14-38-36(28)34)21-27(4)30(23-41)16-25(2)18-37-20-35(42)32-17-29-9-5-6-12-31(29)32/h5-6,8-9,11-12,14-16,19,32,34,37,41H,7,10,13,17-18,20-23H2,1-4H3/b25-16+,30-27-/t32?,34-/m0/s1. The summed E-state index contributed by atoms with van der Waals surface area (Å²) in [6, 6.07) is 14.8. The number of fused-ring (bicyclic) bond motifs is 2. The molecule has 0 amide bonds. The molecule has 5 rings (SSSR count). The molecule has 42 heavy (non-hydrogen) atoms. The highest BCUT2D eigenvalue weighted by Crippen LogP contribution is 2.36. The van der Waals surface area contributed by atoms with Gasteiger partial charge in [0.2, 0.25) is 0 Å². The van der Waals surface area contributed by atoms with E-state index in [0.29, 0.717) is 19.6 Å². The van der Waals surface area contributed by atoms with Crippen molar-refractivity contribution >= 4 is 5.78 Å². The van der Waals surface area contributed by atoms with Crippen molar-refractivity contribution in [1.82, 2.24) is 20.2 Å². The molecule has 1 unspecified atom stereocenters. The highest BCUT2D eigenvalue weighted by Gasteiger charge is 2.31. The first-order chi connectivity index (χ1) is 20.3. The highest BCUT2D eigenvalue weighted by atomic mass is 16.3. The van der Waals surface area contributed by atoms with Crippen molar-refractivity contribution < 1.29 is 9.90 Å². The number of Topliss-reactive ketones (excluding diaryl/α,β-unsaturated/α-hetero) is 1. The van der Waals surface area contributed by atoms with E-state index in [1.165, 1.54) is 33.5 Å². The van der Waals surface area contributed by atoms with E-state index in [-0.39, 0.29) is 24.3 Å². The molecule has 3 aromatic rings. The topological polar surface area (TPSA) is 78.4 Å². The molecule has 0 aliphatic heterocycles. The number of aliphatic hydroxyl groups excluding tert-OH is 1. The van der Waals surface area contributed by atoms with Crippen LogP contribution in [-0.4, -0.2) is 52.0 Å². The molecule has 0 spiro atoms. The van der Waals surface area contributed by atoms with Crippen LogP contribution >= 0.6 is 0 Å². The molecule has 0 saturated carbocycles. The minimum atomic E-state index is -0.0316. The molecule has 2 N–H and O–H groups in total. The van der Waals surface area contributed by atoms with E-state index in [2.05, 4.69) is 68.3 Å². The van der Waals surface area contributed by atoms with Crippen LogP contribution in [0.1, 0.15) is 77.9 Å². The highest BCUT2D eigenvalue weighted by molar-refractivity contribution is 5.90. The summed E-state index contributed by atoms with van der Waals surface area (Å²) < 4.78 is 0. The average molecular weight is 565 g/mol. The molecular weight excluding hydrogens is 520 g/mol. The van der Waals surface area contributed by atoms with Crippen molar-refractivity contribution in [2.75, 3.05) is 26.2 Å². The number of aryl methyl sites for hydroxylation is 3. The third-order valence-corrected chi connectivity index (χ3v) is 8.81. The van der Waals surface area contributed by atoms with Gasteiger partial charge in [0.05, 0.1) is 30.6 Å². The number of benzene rings is 1. The molecule has 2 atom stereocenters. The Morgan fingerprint density at radius 2 is 1.90 bits per heavy atom. The van der Waals surface area contributed by atoms with Crippen molar-refractivity contribution in [3.8, 4) is 0 Å². The zero-order chi connectivity index (χ0) is 29.6. The molecule has 1 aromatic carbocycles. The Hall–Kier alpha value is -3.45. The number of ketones is 1. The van der Waals surface area contributed by atoms with Crippen molar-refractivity contribution in [1.29, 1.82) is 0 Å². The summed E-state index contributed by atoms with van der Waals surface area (Å²) in [5.41, 5.74) is 11.5. The van der Waals surface area contributed by atoms with Crippen molar-refractivity contribution in [3.05, 3.63) is 117 Å². The first-order valence-electron chi connectivity index (χ1n) is 15.2. The number of hydrogen-bond donors (Lipinski definition) is 2. The van der Waals surface area contributed by atoms with Crippen LogP contribution in [0.2, 0.25) is 0 Å². The Kier molecular flexibility index (Phi) is 9.78. The Bertz CT molecular complexity index is 1490. The quantitative estimate of drug-likeness (QED) is 0.274. The fraction of sp³-hybridized carbons (Fsp3) is 0.417. The zero-order valence-corrected chi connectivity index (χ0v) is 25.5. The molecular formula is C36H44N4O2. The third-order valence-electron chi connectivity index (χ3n) is 8.81. The summed E-state index contributed by atoms with van der Waals surface area (Å²) >= 11 is 0. The maximum Gasteiger partial charge on any atom is 0.154 e. The number of pyridine rings is 2. The van der Waals surface area contributed by atoms with E-state index in [1.807, 2.05) is 30.6 Å². The number of aliphatic hydroxyl groups is 1. The van der Waals surface area contributed by atoms with Crippen LogP contribution in [0.4, 0.5) is 0 Å². The van der Waals surface area contributed by atoms with Gasteiger partial charge in [-0.1, -0.05) is 53.6 Å². The van der Waals surface area contributed by atoms with Gasteiger partial charge < -0.3 is 10.4 Å². The normalized spacial score (nSPS) is 18.7. The lowest BCUT2D eigenvalue weighted by Crippen LogP contribution is -2.34. The van der Waals surface area contributed by atoms with Crippen molar-refractivity contribution in [2.24, 2.45) is 0 Å². The molecule has 6 nitrogen and oxygen atoms in total. The molecule has 0 radical (unpaired) electrons. The average Bonchev–Trinajstić information content (AvgIpc) is 2.97. The molecule has 2 heterocycles. The Balaban J connectivity index is 1.29. The van der Waals surface area contributed by atoms with Gasteiger partial charge in [-0.2, -0.15) is 0 Å². The van der Waals surface area contributed by atoms with Gasteiger partial charge in [0.1, 0.15) is 0 Å². The van der Waals surface area contributed by atoms with Gasteiger partial charge in [-0.25, -0.2) is 0 Å². The van der Waals surface area contributed by atoms with Crippen LogP contribution in [0, 0.1) is 13.8 Å². The van der Waals surface area contributed by atoms with Crippen LogP contribution in [-0.2, 0) is 24.2 Å². The van der Waals surface area contributed by atoms with E-state index in [9.17, 15) is 9.90 Å². The minimum absolute atomic E-state index is 0.0187. The van der Waals surface area contributed by atoms with Gasteiger partial charge >= 0.3 is 0 Å². The summed E-state index contributed by atoms with van der Waals surface area (Å²) in [6.45, 7) is 10.7. The van der Waals surface area contributed by atoms with Gasteiger partial charge in [-0.05, 0) is 92.8 Å². The Morgan fingerprint density at radius 1 is 1.10 bits per heavy atom. The van der Waals surface area contributed by atoms with Crippen LogP contribution in [0.5, 0.6) is 0 Å². The molecule has 0 saturated heterocycles. The van der Waals surface area contributed by atoms with E-state index in [4.69, 9.17) is 9.97 Å². The molecule has 2 aliphatic carbocycles. The lowest BCUT2D eigenvalue weighted by Gasteiger charge is -2.35. The second-order valence-corrected chi connectivity index (χ2v) is 12.1. The number of rotatable bonds is 12. The molecule has 0 fully saturated rings. The summed E-state index contributed by atoms with van der Waals surface area (Å²) in [4.78, 5) is 24.9. The fourth-order valence-electron chi connectivity index (χ4n) is 6.43. The Labute approximate surface area is 250 Å². The molecule has 6 heteroatoms. The second-order valence-electron chi connectivity index (χ2n) is 12.1. The number of nitrogens with zero attached hydrogens (tertiary/aromatic N) is 3. The number of aromatic nitrogens is 2. The zero-order valence-electron chi connectivity index (χ0n) is 25.5. The van der Waals surface area contributed by atoms with Crippen LogP contribution in [0.15, 0.2) is 77.7 Å². The first-order valence-corrected chi connectivity index (χ1v) is 15.2. The van der Waals surface area contributed by atoms with Gasteiger partial charge in [0, 0.05) is 37.9 Å². The van der Waals surface area contributed by atoms with E-state index < -0.39 is 0 Å². The van der Waals surface area contributed by atoms with Gasteiger partial charge in [-0.15, -0.1) is 0 Å². The van der Waals surface area contributed by atoms with Gasteiger partial charge in [0.25, 0.3) is 0 Å². The molecule has 2 aliphatic rings. The predicted octanol–water partition coefficient (Wildman–Crippen LogP) is 5.73. The summed E-state index contributed by atoms with van der Waals surface area (Å²) in [6.07, 6.45) is 10.0. The maximum absolute atomic E-state index is 12.8. The number of carbonyl (C=O) groups excluding carboxylic acids is 1. The molecule has 0 bridgehead atoms. The first kappa shape index (κ1) is 30.0. The smallest absolute Gasteiger partial charge is 0.154 e. The van der Waals surface area contributed by atoms with E-state index in [0.717, 1.165) is 54.6 Å². The van der Waals surface area contributed by atoms with Gasteiger partial charge in [0.15, 0.2) is 5.78 Å². The monoisotopic (exact) mass is 564 g/mol.